The van der Waals surface area contributed by atoms with E-state index in [1.807, 2.05) is 55.5 Å². The second-order valence-corrected chi connectivity index (χ2v) is 5.51. The summed E-state index contributed by atoms with van der Waals surface area (Å²) in [6, 6.07) is 15.1. The maximum absolute atomic E-state index is 12.4. The highest BCUT2D eigenvalue weighted by Crippen LogP contribution is 2.33. The van der Waals surface area contributed by atoms with Crippen LogP contribution in [-0.4, -0.2) is 24.2 Å². The number of rotatable bonds is 3. The Morgan fingerprint density at radius 1 is 1.27 bits per heavy atom. The highest BCUT2D eigenvalue weighted by Gasteiger charge is 2.27. The zero-order chi connectivity index (χ0) is 15.5. The Bertz CT molecular complexity index is 684. The first-order valence-electron chi connectivity index (χ1n) is 7.42. The molecule has 0 bridgehead atoms. The summed E-state index contributed by atoms with van der Waals surface area (Å²) < 4.78 is 5.59. The molecule has 1 atom stereocenters. The quantitative estimate of drug-likeness (QED) is 0.947. The van der Waals surface area contributed by atoms with E-state index in [1.54, 1.807) is 4.90 Å². The Kier molecular flexibility index (Phi) is 4.11. The number of anilines is 1. The average Bonchev–Trinajstić information content (AvgIpc) is 2.53. The maximum Gasteiger partial charge on any atom is 0.264 e. The molecule has 0 radical (unpaired) electrons. The predicted molar refractivity (Wildman–Crippen MR) is 85.0 cm³/mol. The lowest BCUT2D eigenvalue weighted by molar-refractivity contribution is -0.120. The van der Waals surface area contributed by atoms with Gasteiger partial charge in [-0.05, 0) is 37.1 Å². The third-order valence-corrected chi connectivity index (χ3v) is 3.87. The number of ether oxygens (including phenoxy) is 1. The zero-order valence-corrected chi connectivity index (χ0v) is 12.5. The van der Waals surface area contributed by atoms with Gasteiger partial charge in [0.25, 0.3) is 5.91 Å². The van der Waals surface area contributed by atoms with Crippen LogP contribution in [0.1, 0.15) is 23.7 Å². The summed E-state index contributed by atoms with van der Waals surface area (Å²) in [6.45, 7) is 2.49. The Morgan fingerprint density at radius 2 is 2.09 bits per heavy atom. The second-order valence-electron chi connectivity index (χ2n) is 5.51. The number of carbonyl (C=O) groups excluding carboxylic acids is 1. The molecule has 1 unspecified atom stereocenters. The van der Waals surface area contributed by atoms with Gasteiger partial charge in [0.15, 0.2) is 6.61 Å². The lowest BCUT2D eigenvalue weighted by Gasteiger charge is -2.32. The van der Waals surface area contributed by atoms with Crippen molar-refractivity contribution in [3.8, 4) is 5.75 Å². The van der Waals surface area contributed by atoms with Crippen LogP contribution in [0.5, 0.6) is 5.75 Å². The number of amides is 1. The van der Waals surface area contributed by atoms with Gasteiger partial charge in [0.2, 0.25) is 0 Å². The van der Waals surface area contributed by atoms with Crippen LogP contribution in [-0.2, 0) is 4.79 Å². The van der Waals surface area contributed by atoms with Crippen LogP contribution in [0.3, 0.4) is 0 Å². The first-order chi connectivity index (χ1) is 10.6. The topological polar surface area (TPSA) is 49.8 Å². The Labute approximate surface area is 130 Å². The molecule has 1 aliphatic rings. The molecule has 0 spiro atoms. The molecule has 2 aromatic rings. The first-order valence-corrected chi connectivity index (χ1v) is 7.42. The van der Waals surface area contributed by atoms with Crippen molar-refractivity contribution in [3.63, 3.8) is 0 Å². The van der Waals surface area contributed by atoms with Gasteiger partial charge < -0.3 is 14.7 Å². The van der Waals surface area contributed by atoms with Crippen molar-refractivity contribution in [1.29, 1.82) is 0 Å². The number of hydrogen-bond donors (Lipinski definition) is 1. The largest absolute Gasteiger partial charge is 0.484 e. The fourth-order valence-electron chi connectivity index (χ4n) is 2.73. The molecular formula is C18H19NO3. The van der Waals surface area contributed by atoms with E-state index < -0.39 is 6.10 Å². The van der Waals surface area contributed by atoms with Crippen LogP contribution in [0.15, 0.2) is 48.5 Å². The highest BCUT2D eigenvalue weighted by atomic mass is 16.5. The number of benzene rings is 2. The molecule has 4 heteroatoms. The smallest absolute Gasteiger partial charge is 0.264 e. The van der Waals surface area contributed by atoms with Crippen molar-refractivity contribution in [3.05, 3.63) is 59.7 Å². The fraction of sp³-hybridized carbons (Fsp3) is 0.278. The highest BCUT2D eigenvalue weighted by molar-refractivity contribution is 5.95. The molecule has 1 N–H and O–H groups in total. The van der Waals surface area contributed by atoms with Crippen LogP contribution >= 0.6 is 0 Å². The normalized spacial score (nSPS) is 17.0. The fourth-order valence-corrected chi connectivity index (χ4v) is 2.73. The van der Waals surface area contributed by atoms with Gasteiger partial charge in [-0.1, -0.05) is 30.3 Å². The van der Waals surface area contributed by atoms with Crippen molar-refractivity contribution < 1.29 is 14.6 Å². The molecule has 22 heavy (non-hydrogen) atoms. The molecule has 0 fully saturated rings. The van der Waals surface area contributed by atoms with E-state index in [0.717, 1.165) is 16.8 Å². The molecule has 0 saturated carbocycles. The van der Waals surface area contributed by atoms with Gasteiger partial charge in [-0.25, -0.2) is 0 Å². The molecule has 0 aliphatic carbocycles. The monoisotopic (exact) mass is 297 g/mol. The summed E-state index contributed by atoms with van der Waals surface area (Å²) in [4.78, 5) is 14.1. The molecule has 0 aromatic heterocycles. The number of para-hydroxylation sites is 1. The molecule has 0 saturated heterocycles. The molecular weight excluding hydrogens is 278 g/mol. The molecule has 2 aromatic carbocycles. The summed E-state index contributed by atoms with van der Waals surface area (Å²) in [6.07, 6.45) is 0.0469. The number of hydrogen-bond acceptors (Lipinski definition) is 3. The van der Waals surface area contributed by atoms with E-state index in [-0.39, 0.29) is 12.5 Å². The number of nitrogens with zero attached hydrogens (tertiary/aromatic N) is 1. The van der Waals surface area contributed by atoms with Crippen LogP contribution in [0.2, 0.25) is 0 Å². The maximum atomic E-state index is 12.4. The van der Waals surface area contributed by atoms with E-state index in [2.05, 4.69) is 0 Å². The van der Waals surface area contributed by atoms with Crippen LogP contribution in [0.25, 0.3) is 0 Å². The van der Waals surface area contributed by atoms with Gasteiger partial charge in [-0.2, -0.15) is 0 Å². The van der Waals surface area contributed by atoms with Gasteiger partial charge in [0, 0.05) is 17.8 Å². The minimum atomic E-state index is -0.502. The number of fused-ring (bicyclic) bond motifs is 1. The van der Waals surface area contributed by atoms with Gasteiger partial charge in [-0.15, -0.1) is 0 Å². The van der Waals surface area contributed by atoms with Crippen molar-refractivity contribution >= 4 is 11.6 Å². The van der Waals surface area contributed by atoms with Crippen LogP contribution in [0.4, 0.5) is 5.69 Å². The van der Waals surface area contributed by atoms with E-state index in [1.165, 1.54) is 0 Å². The third-order valence-electron chi connectivity index (χ3n) is 3.87. The SMILES string of the molecule is Cc1cccc(OCC(=O)N2CCC(O)c3ccccc32)c1. The molecule has 4 nitrogen and oxygen atoms in total. The Balaban J connectivity index is 1.72. The van der Waals surface area contributed by atoms with Crippen LogP contribution < -0.4 is 9.64 Å². The third kappa shape index (κ3) is 2.97. The van der Waals surface area contributed by atoms with Crippen molar-refractivity contribution in [2.75, 3.05) is 18.1 Å². The molecule has 114 valence electrons. The summed E-state index contributed by atoms with van der Waals surface area (Å²) >= 11 is 0. The minimum absolute atomic E-state index is 0.00607. The van der Waals surface area contributed by atoms with Gasteiger partial charge >= 0.3 is 0 Å². The van der Waals surface area contributed by atoms with Crippen molar-refractivity contribution in [2.24, 2.45) is 0 Å². The number of aliphatic hydroxyl groups excluding tert-OH is 1. The molecule has 1 amide bonds. The van der Waals surface area contributed by atoms with Gasteiger partial charge in [-0.3, -0.25) is 4.79 Å². The molecule has 1 aliphatic heterocycles. The predicted octanol–water partition coefficient (Wildman–Crippen LogP) is 2.84. The number of aliphatic hydroxyl groups is 1. The average molecular weight is 297 g/mol. The lowest BCUT2D eigenvalue weighted by Crippen LogP contribution is -2.39. The van der Waals surface area contributed by atoms with Crippen molar-refractivity contribution in [2.45, 2.75) is 19.4 Å². The van der Waals surface area contributed by atoms with Gasteiger partial charge in [0.1, 0.15) is 5.75 Å². The summed E-state index contributed by atoms with van der Waals surface area (Å²) in [7, 11) is 0. The van der Waals surface area contributed by atoms with E-state index >= 15 is 0 Å². The number of carbonyl (C=O) groups is 1. The van der Waals surface area contributed by atoms with E-state index in [4.69, 9.17) is 4.74 Å². The summed E-state index contributed by atoms with van der Waals surface area (Å²) in [5.41, 5.74) is 2.67. The first kappa shape index (κ1) is 14.6. The zero-order valence-electron chi connectivity index (χ0n) is 12.5. The molecule has 1 heterocycles. The minimum Gasteiger partial charge on any atom is -0.484 e. The Hall–Kier alpha value is -2.33. The van der Waals surface area contributed by atoms with Gasteiger partial charge in [0.05, 0.1) is 6.10 Å². The van der Waals surface area contributed by atoms with Crippen LogP contribution in [0, 0.1) is 6.92 Å². The second kappa shape index (κ2) is 6.20. The van der Waals surface area contributed by atoms with Crippen molar-refractivity contribution in [1.82, 2.24) is 0 Å². The standard InChI is InChI=1S/C18H19NO3/c1-13-5-4-6-14(11-13)22-12-18(21)19-10-9-17(20)15-7-2-3-8-16(15)19/h2-8,11,17,20H,9-10,12H2,1H3. The van der Waals surface area contributed by atoms with E-state index in [0.29, 0.717) is 18.7 Å². The summed E-state index contributed by atoms with van der Waals surface area (Å²) in [5.74, 6) is 0.597. The number of aryl methyl sites for hydroxylation is 1. The molecule has 3 rings (SSSR count). The summed E-state index contributed by atoms with van der Waals surface area (Å²) in [5, 5.41) is 10.0. The Morgan fingerprint density at radius 3 is 2.91 bits per heavy atom. The lowest BCUT2D eigenvalue weighted by atomic mass is 9.99. The van der Waals surface area contributed by atoms with E-state index in [9.17, 15) is 9.90 Å².